The number of halogens is 3. The smallest absolute Gasteiger partial charge is 0.394 e. The van der Waals surface area contributed by atoms with Gasteiger partial charge < -0.3 is 10.0 Å². The predicted octanol–water partition coefficient (Wildman–Crippen LogP) is 5.26. The van der Waals surface area contributed by atoms with Gasteiger partial charge >= 0.3 is 6.18 Å². The lowest BCUT2D eigenvalue weighted by Crippen LogP contribution is -2.35. The lowest BCUT2D eigenvalue weighted by molar-refractivity contribution is -0.137. The maximum atomic E-state index is 13.5. The molecule has 0 aliphatic carbocycles. The van der Waals surface area contributed by atoms with Gasteiger partial charge in [0.15, 0.2) is 0 Å². The van der Waals surface area contributed by atoms with Gasteiger partial charge in [-0.25, -0.2) is 8.42 Å². The average Bonchev–Trinajstić information content (AvgIpc) is 2.89. The van der Waals surface area contributed by atoms with E-state index in [1.807, 2.05) is 6.92 Å². The van der Waals surface area contributed by atoms with Crippen molar-refractivity contribution in [2.24, 2.45) is 0 Å². The quantitative estimate of drug-likeness (QED) is 0.352. The highest BCUT2D eigenvalue weighted by atomic mass is 32.2. The fraction of sp³-hybridized carbons (Fsp3) is 0.250. The summed E-state index contributed by atoms with van der Waals surface area (Å²) < 4.78 is 66.4. The number of amides is 1. The molecule has 202 valence electrons. The van der Waals surface area contributed by atoms with E-state index in [-0.39, 0.29) is 18.0 Å². The Hall–Kier alpha value is -3.63. The number of hydrogen-bond acceptors (Lipinski definition) is 4. The molecule has 6 nitrogen and oxygen atoms in total. The molecule has 0 aliphatic heterocycles. The first kappa shape index (κ1) is 28.9. The molecule has 0 spiro atoms. The van der Waals surface area contributed by atoms with Gasteiger partial charge in [0.05, 0.1) is 29.3 Å². The molecule has 3 aromatic rings. The van der Waals surface area contributed by atoms with E-state index < -0.39 is 34.3 Å². The van der Waals surface area contributed by atoms with Crippen molar-refractivity contribution < 1.29 is 31.5 Å². The van der Waals surface area contributed by atoms with E-state index in [0.717, 1.165) is 22.0 Å². The number of anilines is 1. The highest BCUT2D eigenvalue weighted by Crippen LogP contribution is 2.30. The lowest BCUT2D eigenvalue weighted by atomic mass is 10.1. The number of carbonyl (C=O) groups is 1. The van der Waals surface area contributed by atoms with Crippen molar-refractivity contribution in [1.82, 2.24) is 4.90 Å². The summed E-state index contributed by atoms with van der Waals surface area (Å²) in [5.74, 6) is -0.391. The van der Waals surface area contributed by atoms with Gasteiger partial charge in [-0.05, 0) is 61.4 Å². The Morgan fingerprint density at radius 2 is 1.61 bits per heavy atom. The number of aliphatic hydroxyl groups is 1. The fourth-order valence-electron chi connectivity index (χ4n) is 3.79. The Labute approximate surface area is 220 Å². The minimum atomic E-state index is -4.44. The van der Waals surface area contributed by atoms with Crippen LogP contribution in [0.3, 0.4) is 0 Å². The maximum absolute atomic E-state index is 13.5. The molecule has 38 heavy (non-hydrogen) atoms. The Kier molecular flexibility index (Phi) is 9.35. The zero-order valence-electron chi connectivity index (χ0n) is 21.0. The maximum Gasteiger partial charge on any atom is 0.416 e. The molecule has 0 aromatic heterocycles. The second-order valence-corrected chi connectivity index (χ2v) is 10.4. The first-order valence-electron chi connectivity index (χ1n) is 11.9. The molecule has 0 radical (unpaired) electrons. The van der Waals surface area contributed by atoms with E-state index in [0.29, 0.717) is 23.4 Å². The molecule has 0 aliphatic rings. The molecule has 10 heteroatoms. The minimum Gasteiger partial charge on any atom is -0.394 e. The standard InChI is InChI=1S/C28H29F3N2O4S/c1-3-32(27(35)17-12-22-10-13-24(14-11-22)28(29,30)31)20-23-6-4-5-7-26(23)33(18-19-34)38(36,37)25-15-8-21(2)9-16-25/h4-17,34H,3,18-20H2,1-2H3/b17-12+. The summed E-state index contributed by atoms with van der Waals surface area (Å²) in [5, 5.41) is 9.66. The predicted molar refractivity (Wildman–Crippen MR) is 141 cm³/mol. The van der Waals surface area contributed by atoms with E-state index in [4.69, 9.17) is 0 Å². The van der Waals surface area contributed by atoms with Crippen LogP contribution in [-0.4, -0.2) is 44.0 Å². The van der Waals surface area contributed by atoms with Crippen LogP contribution in [0.15, 0.2) is 83.8 Å². The molecule has 0 heterocycles. The van der Waals surface area contributed by atoms with Crippen LogP contribution in [0.5, 0.6) is 0 Å². The van der Waals surface area contributed by atoms with Crippen LogP contribution in [0, 0.1) is 6.92 Å². The molecule has 3 rings (SSSR count). The van der Waals surface area contributed by atoms with Gasteiger partial charge in [0.2, 0.25) is 5.91 Å². The number of para-hydroxylation sites is 1. The highest BCUT2D eigenvalue weighted by Gasteiger charge is 2.30. The molecule has 3 aromatic carbocycles. The van der Waals surface area contributed by atoms with Crippen molar-refractivity contribution >= 4 is 27.7 Å². The molecule has 0 unspecified atom stereocenters. The third-order valence-corrected chi connectivity index (χ3v) is 7.71. The third-order valence-electron chi connectivity index (χ3n) is 5.88. The van der Waals surface area contributed by atoms with Crippen molar-refractivity contribution in [3.8, 4) is 0 Å². The summed E-state index contributed by atoms with van der Waals surface area (Å²) in [6, 6.07) is 17.6. The molecule has 0 fully saturated rings. The number of sulfonamides is 1. The normalized spacial score (nSPS) is 12.1. The van der Waals surface area contributed by atoms with Gasteiger partial charge in [0.1, 0.15) is 0 Å². The van der Waals surface area contributed by atoms with Crippen molar-refractivity contribution in [1.29, 1.82) is 0 Å². The molecule has 1 amide bonds. The van der Waals surface area contributed by atoms with Crippen LogP contribution >= 0.6 is 0 Å². The van der Waals surface area contributed by atoms with Gasteiger partial charge in [-0.2, -0.15) is 13.2 Å². The van der Waals surface area contributed by atoms with Gasteiger partial charge in [-0.15, -0.1) is 0 Å². The summed E-state index contributed by atoms with van der Waals surface area (Å²) in [6.07, 6.45) is -1.75. The average molecular weight is 547 g/mol. The topological polar surface area (TPSA) is 77.9 Å². The molecular formula is C28H29F3N2O4S. The number of carbonyl (C=O) groups excluding carboxylic acids is 1. The monoisotopic (exact) mass is 546 g/mol. The van der Waals surface area contributed by atoms with Gasteiger partial charge in [-0.3, -0.25) is 9.10 Å². The van der Waals surface area contributed by atoms with Crippen molar-refractivity contribution in [3.05, 3.63) is 101 Å². The van der Waals surface area contributed by atoms with E-state index in [1.54, 1.807) is 43.3 Å². The van der Waals surface area contributed by atoms with E-state index >= 15 is 0 Å². The number of hydrogen-bond donors (Lipinski definition) is 1. The van der Waals surface area contributed by atoms with E-state index in [1.165, 1.54) is 41.3 Å². The molecular weight excluding hydrogens is 517 g/mol. The molecule has 0 bridgehead atoms. The first-order valence-corrected chi connectivity index (χ1v) is 13.3. The minimum absolute atomic E-state index is 0.0776. The number of aliphatic hydroxyl groups excluding tert-OH is 1. The van der Waals surface area contributed by atoms with Crippen LogP contribution in [0.4, 0.5) is 18.9 Å². The molecule has 0 saturated heterocycles. The number of nitrogens with zero attached hydrogens (tertiary/aromatic N) is 2. The zero-order valence-corrected chi connectivity index (χ0v) is 21.8. The summed E-state index contributed by atoms with van der Waals surface area (Å²) >= 11 is 0. The third kappa shape index (κ3) is 7.02. The summed E-state index contributed by atoms with van der Waals surface area (Å²) in [7, 11) is -4.00. The fourth-order valence-corrected chi connectivity index (χ4v) is 5.29. The second kappa shape index (κ2) is 12.3. The number of benzene rings is 3. The van der Waals surface area contributed by atoms with Gasteiger partial charge in [0.25, 0.3) is 10.0 Å². The SMILES string of the molecule is CCN(Cc1ccccc1N(CCO)S(=O)(=O)c1ccc(C)cc1)C(=O)/C=C/c1ccc(C(F)(F)F)cc1. The first-order chi connectivity index (χ1) is 18.0. The number of likely N-dealkylation sites (N-methyl/N-ethyl adjacent to an activating group) is 1. The number of aryl methyl sites for hydroxylation is 1. The van der Waals surface area contributed by atoms with Crippen LogP contribution in [0.25, 0.3) is 6.08 Å². The van der Waals surface area contributed by atoms with Gasteiger partial charge in [0, 0.05) is 19.2 Å². The largest absolute Gasteiger partial charge is 0.416 e. The zero-order chi connectivity index (χ0) is 27.9. The number of alkyl halides is 3. The molecule has 0 atom stereocenters. The van der Waals surface area contributed by atoms with Crippen molar-refractivity contribution in [2.75, 3.05) is 24.0 Å². The Bertz CT molecular complexity index is 1370. The summed E-state index contributed by atoms with van der Waals surface area (Å²) in [6.45, 7) is 3.40. The Morgan fingerprint density at radius 3 is 2.18 bits per heavy atom. The van der Waals surface area contributed by atoms with Crippen molar-refractivity contribution in [2.45, 2.75) is 31.5 Å². The van der Waals surface area contributed by atoms with Crippen molar-refractivity contribution in [3.63, 3.8) is 0 Å². The van der Waals surface area contributed by atoms with Crippen LogP contribution < -0.4 is 4.31 Å². The van der Waals surface area contributed by atoms with E-state index in [2.05, 4.69) is 0 Å². The van der Waals surface area contributed by atoms with Crippen LogP contribution in [0.2, 0.25) is 0 Å². The second-order valence-electron chi connectivity index (χ2n) is 8.55. The van der Waals surface area contributed by atoms with Gasteiger partial charge in [-0.1, -0.05) is 48.0 Å². The van der Waals surface area contributed by atoms with Crippen LogP contribution in [0.1, 0.15) is 29.2 Å². The van der Waals surface area contributed by atoms with Crippen LogP contribution in [-0.2, 0) is 27.5 Å². The molecule has 0 saturated carbocycles. The van der Waals surface area contributed by atoms with E-state index in [9.17, 15) is 31.5 Å². The Morgan fingerprint density at radius 1 is 0.974 bits per heavy atom. The molecule has 1 N–H and O–H groups in total. The lowest BCUT2D eigenvalue weighted by Gasteiger charge is -2.28. The summed E-state index contributed by atoms with van der Waals surface area (Å²) in [5.41, 5.74) is 1.44. The summed E-state index contributed by atoms with van der Waals surface area (Å²) in [4.78, 5) is 14.5. The number of rotatable bonds is 10. The highest BCUT2D eigenvalue weighted by molar-refractivity contribution is 7.92. The Balaban J connectivity index is 1.86.